The number of amides is 2. The number of carboxylic acids is 1. The van der Waals surface area contributed by atoms with Crippen molar-refractivity contribution in [3.63, 3.8) is 0 Å². The van der Waals surface area contributed by atoms with Gasteiger partial charge in [-0.25, -0.2) is 13.2 Å². The van der Waals surface area contributed by atoms with Crippen LogP contribution in [-0.2, 0) is 14.6 Å². The third kappa shape index (κ3) is 8.73. The number of aliphatic carboxylic acids is 1. The molecule has 1 atom stereocenters. The third-order valence-electron chi connectivity index (χ3n) is 2.75. The van der Waals surface area contributed by atoms with Gasteiger partial charge in [0.2, 0.25) is 0 Å². The van der Waals surface area contributed by atoms with E-state index in [1.165, 1.54) is 11.9 Å². The zero-order chi connectivity index (χ0) is 15.9. The second kappa shape index (κ2) is 8.08. The van der Waals surface area contributed by atoms with E-state index in [0.29, 0.717) is 6.42 Å². The fraction of sp³-hybridized carbons (Fsp3) is 0.833. The van der Waals surface area contributed by atoms with Crippen LogP contribution in [0.2, 0.25) is 0 Å². The summed E-state index contributed by atoms with van der Waals surface area (Å²) in [6.45, 7) is 3.94. The Balaban J connectivity index is 4.27. The summed E-state index contributed by atoms with van der Waals surface area (Å²) in [7, 11) is -1.66. The van der Waals surface area contributed by atoms with Crippen molar-refractivity contribution in [3.05, 3.63) is 0 Å². The van der Waals surface area contributed by atoms with Gasteiger partial charge in [-0.15, -0.1) is 0 Å². The Kier molecular flexibility index (Phi) is 7.55. The summed E-state index contributed by atoms with van der Waals surface area (Å²) in [5.41, 5.74) is 0. The lowest BCUT2D eigenvalue weighted by atomic mass is 9.97. The summed E-state index contributed by atoms with van der Waals surface area (Å²) in [5, 5.41) is 11.6. The predicted octanol–water partition coefficient (Wildman–Crippen LogP) is 0.419. The smallest absolute Gasteiger partial charge is 0.317 e. The van der Waals surface area contributed by atoms with Gasteiger partial charge in [0.1, 0.15) is 9.84 Å². The van der Waals surface area contributed by atoms with E-state index in [1.807, 2.05) is 13.8 Å². The van der Waals surface area contributed by atoms with Crippen molar-refractivity contribution in [1.82, 2.24) is 10.2 Å². The molecule has 0 aromatic rings. The Morgan fingerprint density at radius 2 is 1.85 bits per heavy atom. The lowest BCUT2D eigenvalue weighted by molar-refractivity contribution is -0.142. The summed E-state index contributed by atoms with van der Waals surface area (Å²) < 4.78 is 22.0. The molecule has 0 radical (unpaired) electrons. The van der Waals surface area contributed by atoms with Gasteiger partial charge in [0, 0.05) is 26.4 Å². The molecule has 0 bridgehead atoms. The van der Waals surface area contributed by atoms with Crippen LogP contribution in [0.4, 0.5) is 4.79 Å². The number of carboxylic acid groups (broad SMARTS) is 1. The maximum atomic E-state index is 11.7. The van der Waals surface area contributed by atoms with Gasteiger partial charge in [0.15, 0.2) is 0 Å². The van der Waals surface area contributed by atoms with Gasteiger partial charge >= 0.3 is 12.0 Å². The van der Waals surface area contributed by atoms with E-state index in [4.69, 9.17) is 5.11 Å². The minimum Gasteiger partial charge on any atom is -0.481 e. The standard InChI is InChI=1S/C12H24N2O5S/c1-9(2)7-10(11(15)16)8-13-12(17)14(3)5-6-20(4,18)19/h9-10H,5-8H2,1-4H3,(H,13,17)(H,15,16). The first kappa shape index (κ1) is 18.7. The molecule has 118 valence electrons. The van der Waals surface area contributed by atoms with Crippen LogP contribution < -0.4 is 5.32 Å². The molecule has 1 unspecified atom stereocenters. The van der Waals surface area contributed by atoms with Gasteiger partial charge in [0.05, 0.1) is 11.7 Å². The number of carbonyl (C=O) groups is 2. The van der Waals surface area contributed by atoms with Crippen molar-refractivity contribution in [2.45, 2.75) is 20.3 Å². The maximum absolute atomic E-state index is 11.7. The molecule has 2 N–H and O–H groups in total. The van der Waals surface area contributed by atoms with Crippen LogP contribution in [0.3, 0.4) is 0 Å². The fourth-order valence-corrected chi connectivity index (χ4v) is 2.20. The second-order valence-electron chi connectivity index (χ2n) is 5.40. The number of urea groups is 1. The maximum Gasteiger partial charge on any atom is 0.317 e. The first-order chi connectivity index (χ1) is 9.03. The summed E-state index contributed by atoms with van der Waals surface area (Å²) in [6, 6.07) is -0.469. The van der Waals surface area contributed by atoms with E-state index in [1.54, 1.807) is 0 Å². The molecule has 0 aromatic heterocycles. The van der Waals surface area contributed by atoms with Crippen LogP contribution in [0.1, 0.15) is 20.3 Å². The van der Waals surface area contributed by atoms with E-state index in [9.17, 15) is 18.0 Å². The van der Waals surface area contributed by atoms with Crippen molar-refractivity contribution in [2.24, 2.45) is 11.8 Å². The van der Waals surface area contributed by atoms with Crippen molar-refractivity contribution in [3.8, 4) is 0 Å². The molecule has 0 aliphatic heterocycles. The van der Waals surface area contributed by atoms with E-state index < -0.39 is 27.8 Å². The lowest BCUT2D eigenvalue weighted by Gasteiger charge is -2.20. The molecule has 0 aromatic carbocycles. The number of carbonyl (C=O) groups excluding carboxylic acids is 1. The van der Waals surface area contributed by atoms with Gasteiger partial charge in [-0.05, 0) is 12.3 Å². The van der Waals surface area contributed by atoms with Crippen LogP contribution in [0, 0.1) is 11.8 Å². The van der Waals surface area contributed by atoms with Gasteiger partial charge in [-0.1, -0.05) is 13.8 Å². The van der Waals surface area contributed by atoms with E-state index in [0.717, 1.165) is 6.26 Å². The highest BCUT2D eigenvalue weighted by molar-refractivity contribution is 7.90. The molecular formula is C12H24N2O5S. The average molecular weight is 308 g/mol. The molecule has 0 heterocycles. The highest BCUT2D eigenvalue weighted by Crippen LogP contribution is 2.11. The molecule has 20 heavy (non-hydrogen) atoms. The number of hydrogen-bond acceptors (Lipinski definition) is 4. The average Bonchev–Trinajstić information content (AvgIpc) is 2.29. The molecule has 7 nitrogen and oxygen atoms in total. The molecule has 8 heteroatoms. The van der Waals surface area contributed by atoms with E-state index in [-0.39, 0.29) is 24.8 Å². The van der Waals surface area contributed by atoms with Gasteiger partial charge in [-0.3, -0.25) is 4.79 Å². The van der Waals surface area contributed by atoms with Crippen molar-refractivity contribution >= 4 is 21.8 Å². The molecule has 0 saturated heterocycles. The first-order valence-electron chi connectivity index (χ1n) is 6.42. The third-order valence-corrected chi connectivity index (χ3v) is 3.67. The summed E-state index contributed by atoms with van der Waals surface area (Å²) >= 11 is 0. The normalized spacial score (nSPS) is 13.1. The number of sulfone groups is 1. The Bertz CT molecular complexity index is 433. The molecule has 0 rings (SSSR count). The minimum atomic E-state index is -3.13. The first-order valence-corrected chi connectivity index (χ1v) is 8.48. The molecule has 0 spiro atoms. The fourth-order valence-electron chi connectivity index (χ4n) is 1.59. The van der Waals surface area contributed by atoms with Gasteiger partial charge in [-0.2, -0.15) is 0 Å². The summed E-state index contributed by atoms with van der Waals surface area (Å²) in [4.78, 5) is 24.0. The molecule has 0 fully saturated rings. The topological polar surface area (TPSA) is 104 Å². The SMILES string of the molecule is CC(C)CC(CNC(=O)N(C)CCS(C)(=O)=O)C(=O)O. The van der Waals surface area contributed by atoms with Gasteiger partial charge in [0.25, 0.3) is 0 Å². The molecular weight excluding hydrogens is 284 g/mol. The van der Waals surface area contributed by atoms with E-state index >= 15 is 0 Å². The van der Waals surface area contributed by atoms with Crippen LogP contribution in [0.15, 0.2) is 0 Å². The van der Waals surface area contributed by atoms with E-state index in [2.05, 4.69) is 5.32 Å². The predicted molar refractivity (Wildman–Crippen MR) is 76.3 cm³/mol. The molecule has 0 aliphatic rings. The van der Waals surface area contributed by atoms with Crippen LogP contribution >= 0.6 is 0 Å². The number of nitrogens with one attached hydrogen (secondary N) is 1. The molecule has 0 saturated carbocycles. The highest BCUT2D eigenvalue weighted by atomic mass is 32.2. The number of nitrogens with zero attached hydrogens (tertiary/aromatic N) is 1. The zero-order valence-corrected chi connectivity index (χ0v) is 13.2. The van der Waals surface area contributed by atoms with Crippen LogP contribution in [0.5, 0.6) is 0 Å². The quantitative estimate of drug-likeness (QED) is 0.676. The highest BCUT2D eigenvalue weighted by Gasteiger charge is 2.20. The van der Waals surface area contributed by atoms with Crippen molar-refractivity contribution in [2.75, 3.05) is 32.1 Å². The van der Waals surface area contributed by atoms with Crippen LogP contribution in [0.25, 0.3) is 0 Å². The Morgan fingerprint density at radius 3 is 2.25 bits per heavy atom. The van der Waals surface area contributed by atoms with Crippen LogP contribution in [-0.4, -0.2) is 62.6 Å². The van der Waals surface area contributed by atoms with Crippen molar-refractivity contribution < 1.29 is 23.1 Å². The summed E-state index contributed by atoms with van der Waals surface area (Å²) in [5.74, 6) is -1.48. The Hall–Kier alpha value is -1.31. The Morgan fingerprint density at radius 1 is 1.30 bits per heavy atom. The largest absolute Gasteiger partial charge is 0.481 e. The zero-order valence-electron chi connectivity index (χ0n) is 12.4. The number of hydrogen-bond donors (Lipinski definition) is 2. The molecule has 2 amide bonds. The van der Waals surface area contributed by atoms with Crippen molar-refractivity contribution in [1.29, 1.82) is 0 Å². The molecule has 0 aliphatic carbocycles. The number of rotatable bonds is 8. The summed E-state index contributed by atoms with van der Waals surface area (Å²) in [6.07, 6.45) is 1.57. The second-order valence-corrected chi connectivity index (χ2v) is 7.66. The minimum absolute atomic E-state index is 0.0373. The van der Waals surface area contributed by atoms with Gasteiger partial charge < -0.3 is 15.3 Å². The monoisotopic (exact) mass is 308 g/mol. The Labute approximate surface area is 120 Å². The lowest BCUT2D eigenvalue weighted by Crippen LogP contribution is -2.42.